The highest BCUT2D eigenvalue weighted by atomic mass is 16.3. The summed E-state index contributed by atoms with van der Waals surface area (Å²) in [6.45, 7) is 5.18. The van der Waals surface area contributed by atoms with Gasteiger partial charge in [0.1, 0.15) is 5.75 Å². The van der Waals surface area contributed by atoms with Crippen LogP contribution in [0.5, 0.6) is 5.75 Å². The van der Waals surface area contributed by atoms with Gasteiger partial charge in [0.05, 0.1) is 0 Å². The van der Waals surface area contributed by atoms with E-state index in [1.54, 1.807) is 0 Å². The van der Waals surface area contributed by atoms with E-state index in [2.05, 4.69) is 17.9 Å². The van der Waals surface area contributed by atoms with E-state index in [0.717, 1.165) is 17.8 Å². The minimum Gasteiger partial charge on any atom is -0.508 e. The highest BCUT2D eigenvalue weighted by Gasteiger charge is 2.29. The van der Waals surface area contributed by atoms with Crippen molar-refractivity contribution < 1.29 is 5.11 Å². The molecule has 0 heterocycles. The monoisotopic (exact) mass is 248 g/mol. The van der Waals surface area contributed by atoms with Crippen molar-refractivity contribution in [2.45, 2.75) is 51.6 Å². The average molecular weight is 248 g/mol. The van der Waals surface area contributed by atoms with Gasteiger partial charge in [-0.2, -0.15) is 0 Å². The van der Waals surface area contributed by atoms with Crippen LogP contribution in [-0.2, 0) is 0 Å². The number of phenolic OH excluding ortho intramolecular Hbond substituents is 1. The molecule has 3 heteroatoms. The van der Waals surface area contributed by atoms with Crippen molar-refractivity contribution in [3.05, 3.63) is 23.8 Å². The van der Waals surface area contributed by atoms with Gasteiger partial charge in [-0.3, -0.25) is 0 Å². The second-order valence-electron chi connectivity index (χ2n) is 5.31. The molecule has 1 aliphatic rings. The molecule has 1 aliphatic carbocycles. The first kappa shape index (κ1) is 13.2. The molecule has 0 amide bonds. The fourth-order valence-corrected chi connectivity index (χ4v) is 2.33. The molecule has 0 saturated heterocycles. The average Bonchev–Trinajstić information content (AvgIpc) is 3.13. The molecule has 18 heavy (non-hydrogen) atoms. The van der Waals surface area contributed by atoms with Crippen molar-refractivity contribution in [1.29, 1.82) is 0 Å². The van der Waals surface area contributed by atoms with E-state index in [-0.39, 0.29) is 6.04 Å². The highest BCUT2D eigenvalue weighted by Crippen LogP contribution is 2.35. The molecule has 0 radical (unpaired) electrons. The first-order valence-corrected chi connectivity index (χ1v) is 6.98. The molecular formula is C15H24N2O. The summed E-state index contributed by atoms with van der Waals surface area (Å²) in [7, 11) is 0. The van der Waals surface area contributed by atoms with E-state index in [1.165, 1.54) is 25.7 Å². The van der Waals surface area contributed by atoms with Gasteiger partial charge in [0.2, 0.25) is 0 Å². The molecule has 0 aliphatic heterocycles. The fraction of sp³-hybridized carbons (Fsp3) is 0.600. The maximum absolute atomic E-state index is 10.0. The van der Waals surface area contributed by atoms with Crippen molar-refractivity contribution in [3.8, 4) is 5.75 Å². The Balaban J connectivity index is 2.17. The Hall–Kier alpha value is -1.22. The van der Waals surface area contributed by atoms with Gasteiger partial charge in [-0.25, -0.2) is 0 Å². The van der Waals surface area contributed by atoms with Crippen LogP contribution in [0.1, 0.15) is 51.1 Å². The fourth-order valence-electron chi connectivity index (χ4n) is 2.33. The summed E-state index contributed by atoms with van der Waals surface area (Å²) in [4.78, 5) is 2.42. The minimum atomic E-state index is -0.121. The molecule has 1 atom stereocenters. The van der Waals surface area contributed by atoms with E-state index in [4.69, 9.17) is 5.73 Å². The number of hydrogen-bond acceptors (Lipinski definition) is 3. The van der Waals surface area contributed by atoms with Crippen molar-refractivity contribution in [3.63, 3.8) is 0 Å². The number of benzene rings is 1. The van der Waals surface area contributed by atoms with E-state index in [1.807, 2.05) is 19.1 Å². The van der Waals surface area contributed by atoms with E-state index in [0.29, 0.717) is 11.8 Å². The van der Waals surface area contributed by atoms with Gasteiger partial charge in [-0.05, 0) is 32.3 Å². The van der Waals surface area contributed by atoms with Crippen molar-refractivity contribution in [2.75, 3.05) is 11.4 Å². The number of nitrogens with two attached hydrogens (primary N) is 1. The zero-order valence-electron chi connectivity index (χ0n) is 11.4. The SMILES string of the molecule is CCCCN(c1ccc(C(C)N)c(O)c1)C1CC1. The van der Waals surface area contributed by atoms with E-state index < -0.39 is 0 Å². The smallest absolute Gasteiger partial charge is 0.122 e. The van der Waals surface area contributed by atoms with Gasteiger partial charge in [0.25, 0.3) is 0 Å². The molecule has 3 N–H and O–H groups in total. The molecule has 100 valence electrons. The second-order valence-corrected chi connectivity index (χ2v) is 5.31. The largest absolute Gasteiger partial charge is 0.508 e. The Labute approximate surface area is 110 Å². The molecule has 1 fully saturated rings. The van der Waals surface area contributed by atoms with Gasteiger partial charge in [-0.1, -0.05) is 19.4 Å². The lowest BCUT2D eigenvalue weighted by molar-refractivity contribution is 0.463. The summed E-state index contributed by atoms with van der Waals surface area (Å²) < 4.78 is 0. The van der Waals surface area contributed by atoms with Crippen LogP contribution in [0, 0.1) is 0 Å². The Morgan fingerprint density at radius 1 is 1.44 bits per heavy atom. The Morgan fingerprint density at radius 3 is 2.67 bits per heavy atom. The van der Waals surface area contributed by atoms with Crippen LogP contribution < -0.4 is 10.6 Å². The predicted octanol–water partition coefficient (Wildman–Crippen LogP) is 3.18. The standard InChI is InChI=1S/C15H24N2O/c1-3-4-9-17(12-5-6-12)13-7-8-14(11(2)16)15(18)10-13/h7-8,10-12,18H,3-6,9,16H2,1-2H3. The molecule has 2 rings (SSSR count). The Morgan fingerprint density at radius 2 is 2.17 bits per heavy atom. The Bertz CT molecular complexity index is 399. The third kappa shape index (κ3) is 2.96. The maximum atomic E-state index is 10.0. The third-order valence-corrected chi connectivity index (χ3v) is 3.58. The highest BCUT2D eigenvalue weighted by molar-refractivity contribution is 5.55. The number of phenols is 1. The number of unbranched alkanes of at least 4 members (excludes halogenated alkanes) is 1. The van der Waals surface area contributed by atoms with Crippen LogP contribution in [0.4, 0.5) is 5.69 Å². The lowest BCUT2D eigenvalue weighted by Gasteiger charge is -2.25. The number of hydrogen-bond donors (Lipinski definition) is 2. The first-order valence-electron chi connectivity index (χ1n) is 6.98. The van der Waals surface area contributed by atoms with Gasteiger partial charge in [-0.15, -0.1) is 0 Å². The van der Waals surface area contributed by atoms with Crippen LogP contribution in [-0.4, -0.2) is 17.7 Å². The summed E-state index contributed by atoms with van der Waals surface area (Å²) in [5.41, 5.74) is 7.78. The van der Waals surface area contributed by atoms with Crippen LogP contribution in [0.25, 0.3) is 0 Å². The van der Waals surface area contributed by atoms with Crippen LogP contribution >= 0.6 is 0 Å². The summed E-state index contributed by atoms with van der Waals surface area (Å²) in [5.74, 6) is 0.324. The lowest BCUT2D eigenvalue weighted by Crippen LogP contribution is -2.26. The molecule has 0 bridgehead atoms. The molecule has 1 saturated carbocycles. The van der Waals surface area contributed by atoms with Crippen molar-refractivity contribution in [1.82, 2.24) is 0 Å². The van der Waals surface area contributed by atoms with Gasteiger partial charge in [0.15, 0.2) is 0 Å². The molecule has 0 aromatic heterocycles. The molecule has 0 spiro atoms. The van der Waals surface area contributed by atoms with Crippen LogP contribution in [0.3, 0.4) is 0 Å². The summed E-state index contributed by atoms with van der Waals surface area (Å²) in [6, 6.07) is 6.47. The molecule has 1 unspecified atom stereocenters. The minimum absolute atomic E-state index is 0.121. The molecule has 3 nitrogen and oxygen atoms in total. The number of aromatic hydroxyl groups is 1. The lowest BCUT2D eigenvalue weighted by atomic mass is 10.1. The van der Waals surface area contributed by atoms with Gasteiger partial charge >= 0.3 is 0 Å². The number of nitrogens with zero attached hydrogens (tertiary/aromatic N) is 1. The summed E-state index contributed by atoms with van der Waals surface area (Å²) in [6.07, 6.45) is 4.96. The molecule has 1 aromatic carbocycles. The normalized spacial score (nSPS) is 16.6. The Kier molecular flexibility index (Phi) is 4.12. The number of rotatable bonds is 6. The van der Waals surface area contributed by atoms with E-state index in [9.17, 15) is 5.11 Å². The first-order chi connectivity index (χ1) is 8.63. The zero-order chi connectivity index (χ0) is 13.1. The van der Waals surface area contributed by atoms with Gasteiger partial charge < -0.3 is 15.7 Å². The quantitative estimate of drug-likeness (QED) is 0.813. The topological polar surface area (TPSA) is 49.5 Å². The summed E-state index contributed by atoms with van der Waals surface area (Å²) >= 11 is 0. The van der Waals surface area contributed by atoms with Crippen LogP contribution in [0.15, 0.2) is 18.2 Å². The number of anilines is 1. The van der Waals surface area contributed by atoms with Crippen molar-refractivity contribution in [2.24, 2.45) is 5.73 Å². The van der Waals surface area contributed by atoms with Crippen molar-refractivity contribution >= 4 is 5.69 Å². The molecular weight excluding hydrogens is 224 g/mol. The van der Waals surface area contributed by atoms with Gasteiger partial charge in [0, 0.05) is 35.9 Å². The second kappa shape index (κ2) is 5.61. The zero-order valence-corrected chi connectivity index (χ0v) is 11.4. The summed E-state index contributed by atoms with van der Waals surface area (Å²) in [5, 5.41) is 10.0. The third-order valence-electron chi connectivity index (χ3n) is 3.58. The molecule has 1 aromatic rings. The predicted molar refractivity (Wildman–Crippen MR) is 76.0 cm³/mol. The van der Waals surface area contributed by atoms with Crippen LogP contribution in [0.2, 0.25) is 0 Å². The maximum Gasteiger partial charge on any atom is 0.122 e. The van der Waals surface area contributed by atoms with E-state index >= 15 is 0 Å².